The van der Waals surface area contributed by atoms with Gasteiger partial charge in [0.15, 0.2) is 0 Å². The topological polar surface area (TPSA) is 35.5 Å². The largest absolute Gasteiger partial charge is 0.513 e. The second-order valence-corrected chi connectivity index (χ2v) is 6.42. The normalized spacial score (nSPS) is 10.6. The lowest BCUT2D eigenvalue weighted by Gasteiger charge is -2.07. The van der Waals surface area contributed by atoms with Gasteiger partial charge in [-0.3, -0.25) is 0 Å². The van der Waals surface area contributed by atoms with E-state index in [1.807, 2.05) is 24.3 Å². The molecule has 0 bridgehead atoms. The van der Waals surface area contributed by atoms with Gasteiger partial charge in [0, 0.05) is 0 Å². The third-order valence-electron chi connectivity index (χ3n) is 4.16. The molecular weight excluding hydrogens is 300 g/mol. The molecule has 0 unspecified atom stereocenters. The summed E-state index contributed by atoms with van der Waals surface area (Å²) in [6.45, 7) is 4.80. The Morgan fingerprint density at radius 2 is 1.38 bits per heavy atom. The van der Waals surface area contributed by atoms with Crippen LogP contribution in [0.5, 0.6) is 5.75 Å². The van der Waals surface area contributed by atoms with Gasteiger partial charge in [0.25, 0.3) is 0 Å². The van der Waals surface area contributed by atoms with Crippen molar-refractivity contribution in [2.24, 2.45) is 0 Å². The number of hydrogen-bond donors (Lipinski definition) is 0. The van der Waals surface area contributed by atoms with Crippen LogP contribution in [0.15, 0.2) is 24.3 Å². The first-order valence-corrected chi connectivity index (χ1v) is 9.69. The van der Waals surface area contributed by atoms with Gasteiger partial charge in [0.05, 0.1) is 6.61 Å². The van der Waals surface area contributed by atoms with E-state index >= 15 is 0 Å². The first-order chi connectivity index (χ1) is 11.8. The van der Waals surface area contributed by atoms with Gasteiger partial charge in [0.1, 0.15) is 5.75 Å². The molecular formula is C21H34O3. The van der Waals surface area contributed by atoms with E-state index in [4.69, 9.17) is 9.47 Å². The molecule has 0 spiro atoms. The Kier molecular flexibility index (Phi) is 11.9. The number of carbonyl (C=O) groups excluding carboxylic acids is 1. The molecule has 0 radical (unpaired) electrons. The van der Waals surface area contributed by atoms with Gasteiger partial charge in [-0.15, -0.1) is 0 Å². The molecule has 0 aliphatic rings. The summed E-state index contributed by atoms with van der Waals surface area (Å²) in [4.78, 5) is 11.5. The molecule has 3 heteroatoms. The number of rotatable bonds is 13. The van der Waals surface area contributed by atoms with Gasteiger partial charge in [-0.2, -0.15) is 0 Å². The summed E-state index contributed by atoms with van der Waals surface area (Å²) in [6.07, 6.45) is 12.8. The van der Waals surface area contributed by atoms with E-state index in [1.54, 1.807) is 0 Å². The van der Waals surface area contributed by atoms with Crippen molar-refractivity contribution in [1.29, 1.82) is 0 Å². The minimum absolute atomic E-state index is 0.434. The monoisotopic (exact) mass is 334 g/mol. The zero-order valence-electron chi connectivity index (χ0n) is 15.5. The lowest BCUT2D eigenvalue weighted by molar-refractivity contribution is 0.0974. The fraction of sp³-hybridized carbons (Fsp3) is 0.667. The maximum absolute atomic E-state index is 11.5. The Morgan fingerprint density at radius 1 is 0.792 bits per heavy atom. The number of carbonyl (C=O) groups is 1. The van der Waals surface area contributed by atoms with Gasteiger partial charge in [-0.25, -0.2) is 4.79 Å². The Labute approximate surface area is 147 Å². The third kappa shape index (κ3) is 10.3. The lowest BCUT2D eigenvalue weighted by atomic mass is 10.0. The molecule has 0 atom stereocenters. The van der Waals surface area contributed by atoms with Crippen molar-refractivity contribution in [2.45, 2.75) is 84.5 Å². The summed E-state index contributed by atoms with van der Waals surface area (Å²) in [5, 5.41) is 0. The number of ether oxygens (including phenoxy) is 2. The van der Waals surface area contributed by atoms with Crippen LogP contribution in [0.25, 0.3) is 0 Å². The summed E-state index contributed by atoms with van der Waals surface area (Å²) >= 11 is 0. The predicted molar refractivity (Wildman–Crippen MR) is 99.6 cm³/mol. The van der Waals surface area contributed by atoms with Crippen molar-refractivity contribution >= 4 is 6.16 Å². The van der Waals surface area contributed by atoms with Crippen LogP contribution in [-0.2, 0) is 11.2 Å². The highest BCUT2D eigenvalue weighted by molar-refractivity contribution is 5.63. The van der Waals surface area contributed by atoms with Crippen LogP contribution in [0.4, 0.5) is 4.79 Å². The fourth-order valence-corrected chi connectivity index (χ4v) is 2.64. The molecule has 0 aliphatic heterocycles. The maximum Gasteiger partial charge on any atom is 0.513 e. The van der Waals surface area contributed by atoms with Gasteiger partial charge in [0.2, 0.25) is 0 Å². The van der Waals surface area contributed by atoms with Crippen molar-refractivity contribution in [3.05, 3.63) is 29.8 Å². The number of hydrogen-bond acceptors (Lipinski definition) is 3. The molecule has 3 nitrogen and oxygen atoms in total. The minimum Gasteiger partial charge on any atom is -0.434 e. The summed E-state index contributed by atoms with van der Waals surface area (Å²) < 4.78 is 10.2. The van der Waals surface area contributed by atoms with Gasteiger partial charge in [-0.1, -0.05) is 77.3 Å². The van der Waals surface area contributed by atoms with Crippen LogP contribution >= 0.6 is 0 Å². The average molecular weight is 335 g/mol. The van der Waals surface area contributed by atoms with E-state index < -0.39 is 6.16 Å². The second kappa shape index (κ2) is 13.9. The molecule has 0 heterocycles. The molecule has 136 valence electrons. The molecule has 1 aromatic rings. The van der Waals surface area contributed by atoms with Gasteiger partial charge in [-0.05, 0) is 37.0 Å². The minimum atomic E-state index is -0.606. The van der Waals surface area contributed by atoms with E-state index in [-0.39, 0.29) is 0 Å². The van der Waals surface area contributed by atoms with Crippen LogP contribution in [-0.4, -0.2) is 12.8 Å². The number of unbranched alkanes of at least 4 members (excludes halogenated alkanes) is 8. The zero-order valence-corrected chi connectivity index (χ0v) is 15.5. The fourth-order valence-electron chi connectivity index (χ4n) is 2.64. The third-order valence-corrected chi connectivity index (χ3v) is 4.16. The highest BCUT2D eigenvalue weighted by atomic mass is 16.7. The van der Waals surface area contributed by atoms with E-state index in [0.29, 0.717) is 12.4 Å². The summed E-state index contributed by atoms with van der Waals surface area (Å²) in [5.74, 6) is 0.554. The molecule has 1 rings (SSSR count). The highest BCUT2D eigenvalue weighted by Gasteiger charge is 2.05. The molecule has 24 heavy (non-hydrogen) atoms. The van der Waals surface area contributed by atoms with Crippen molar-refractivity contribution < 1.29 is 14.3 Å². The number of benzene rings is 1. The zero-order chi connectivity index (χ0) is 17.5. The summed E-state index contributed by atoms with van der Waals surface area (Å²) in [6, 6.07) is 7.78. The molecule has 0 amide bonds. The second-order valence-electron chi connectivity index (χ2n) is 6.42. The molecule has 0 fully saturated rings. The standard InChI is InChI=1S/C21H34O3/c1-3-5-7-8-9-10-11-13-19-14-16-20(17-15-19)24-21(22)23-18-12-6-4-2/h14-17H,3-13,18H2,1-2H3. The SMILES string of the molecule is CCCCCCCCCc1ccc(OC(=O)OCCCCC)cc1. The number of aryl methyl sites for hydroxylation is 1. The van der Waals surface area contributed by atoms with Crippen molar-refractivity contribution in [2.75, 3.05) is 6.61 Å². The summed E-state index contributed by atoms with van der Waals surface area (Å²) in [7, 11) is 0. The van der Waals surface area contributed by atoms with E-state index in [0.717, 1.165) is 25.7 Å². The van der Waals surface area contributed by atoms with E-state index in [2.05, 4.69) is 13.8 Å². The van der Waals surface area contributed by atoms with Crippen LogP contribution in [0, 0.1) is 0 Å². The van der Waals surface area contributed by atoms with E-state index in [1.165, 1.54) is 50.5 Å². The average Bonchev–Trinajstić information content (AvgIpc) is 2.59. The molecule has 0 aromatic heterocycles. The first kappa shape index (κ1) is 20.5. The van der Waals surface area contributed by atoms with Crippen LogP contribution in [0.3, 0.4) is 0 Å². The molecule has 1 aromatic carbocycles. The van der Waals surface area contributed by atoms with Crippen LogP contribution < -0.4 is 4.74 Å². The molecule has 0 saturated carbocycles. The Balaban J connectivity index is 2.15. The molecule has 0 saturated heterocycles. The predicted octanol–water partition coefficient (Wildman–Crippen LogP) is 6.69. The molecule has 0 aliphatic carbocycles. The van der Waals surface area contributed by atoms with Crippen LogP contribution in [0.1, 0.15) is 83.6 Å². The summed E-state index contributed by atoms with van der Waals surface area (Å²) in [5.41, 5.74) is 1.30. The molecule has 0 N–H and O–H groups in total. The quantitative estimate of drug-likeness (QED) is 0.229. The first-order valence-electron chi connectivity index (χ1n) is 9.69. The van der Waals surface area contributed by atoms with E-state index in [9.17, 15) is 4.79 Å². The van der Waals surface area contributed by atoms with Gasteiger partial charge < -0.3 is 9.47 Å². The Hall–Kier alpha value is -1.51. The maximum atomic E-state index is 11.5. The lowest BCUT2D eigenvalue weighted by Crippen LogP contribution is -2.11. The van der Waals surface area contributed by atoms with Crippen molar-refractivity contribution in [3.8, 4) is 5.75 Å². The Morgan fingerprint density at radius 3 is 2.04 bits per heavy atom. The highest BCUT2D eigenvalue weighted by Crippen LogP contribution is 2.16. The smallest absolute Gasteiger partial charge is 0.434 e. The Bertz CT molecular complexity index is 425. The van der Waals surface area contributed by atoms with Crippen molar-refractivity contribution in [1.82, 2.24) is 0 Å². The van der Waals surface area contributed by atoms with Crippen LogP contribution in [0.2, 0.25) is 0 Å². The van der Waals surface area contributed by atoms with Gasteiger partial charge >= 0.3 is 6.16 Å². The van der Waals surface area contributed by atoms with Crippen molar-refractivity contribution in [3.63, 3.8) is 0 Å².